The summed E-state index contributed by atoms with van der Waals surface area (Å²) in [5.41, 5.74) is 3.09. The van der Waals surface area contributed by atoms with E-state index >= 15 is 0 Å². The highest BCUT2D eigenvalue weighted by molar-refractivity contribution is 5.99. The number of allylic oxidation sites excluding steroid dienone is 2. The Bertz CT molecular complexity index is 706. The van der Waals surface area contributed by atoms with Gasteiger partial charge in [-0.1, -0.05) is 12.1 Å². The Kier molecular flexibility index (Phi) is 5.51. The van der Waals surface area contributed by atoms with Gasteiger partial charge in [-0.05, 0) is 31.5 Å². The molecular formula is C19H23NO5. The second kappa shape index (κ2) is 7.42. The molecule has 0 radical (unpaired) electrons. The zero-order valence-electron chi connectivity index (χ0n) is 15.4. The summed E-state index contributed by atoms with van der Waals surface area (Å²) in [6.07, 6.45) is 0. The summed E-state index contributed by atoms with van der Waals surface area (Å²) in [6, 6.07) is 7.26. The van der Waals surface area contributed by atoms with Crippen LogP contribution in [0.4, 0.5) is 0 Å². The number of carbonyl (C=O) groups is 2. The molecule has 0 aliphatic carbocycles. The van der Waals surface area contributed by atoms with Crippen LogP contribution < -0.4 is 4.74 Å². The lowest BCUT2D eigenvalue weighted by atomic mass is 9.80. The van der Waals surface area contributed by atoms with Crippen LogP contribution >= 0.6 is 0 Å². The van der Waals surface area contributed by atoms with Crippen molar-refractivity contribution in [3.05, 3.63) is 52.4 Å². The molecule has 1 aliphatic heterocycles. The van der Waals surface area contributed by atoms with E-state index in [-0.39, 0.29) is 0 Å². The number of carbonyl (C=O) groups excluding carboxylic acids is 2. The Morgan fingerprint density at radius 3 is 1.68 bits per heavy atom. The van der Waals surface area contributed by atoms with Crippen molar-refractivity contribution in [2.75, 3.05) is 28.4 Å². The SMILES string of the molecule is COC(=O)C1=C(C)N(C)C(C)=C(C(=O)OC)C1c1ccc(OC)cc1. The molecule has 2 rings (SSSR count). The topological polar surface area (TPSA) is 65.1 Å². The minimum Gasteiger partial charge on any atom is -0.497 e. The fourth-order valence-electron chi connectivity index (χ4n) is 3.06. The van der Waals surface area contributed by atoms with Crippen molar-refractivity contribution in [3.8, 4) is 5.75 Å². The molecule has 1 aromatic carbocycles. The molecule has 134 valence electrons. The number of hydrogen-bond acceptors (Lipinski definition) is 6. The first-order valence-corrected chi connectivity index (χ1v) is 7.83. The lowest BCUT2D eigenvalue weighted by Crippen LogP contribution is -2.33. The molecule has 0 saturated heterocycles. The molecule has 1 aromatic rings. The number of ether oxygens (including phenoxy) is 3. The smallest absolute Gasteiger partial charge is 0.336 e. The molecule has 0 N–H and O–H groups in total. The van der Waals surface area contributed by atoms with Crippen molar-refractivity contribution in [1.82, 2.24) is 4.90 Å². The lowest BCUT2D eigenvalue weighted by molar-refractivity contribution is -0.137. The molecule has 1 aliphatic rings. The maximum atomic E-state index is 12.5. The normalized spacial score (nSPS) is 15.4. The fraction of sp³-hybridized carbons (Fsp3) is 0.368. The quantitative estimate of drug-likeness (QED) is 0.782. The van der Waals surface area contributed by atoms with Gasteiger partial charge >= 0.3 is 11.9 Å². The van der Waals surface area contributed by atoms with E-state index in [1.54, 1.807) is 31.2 Å². The number of hydrogen-bond donors (Lipinski definition) is 0. The summed E-state index contributed by atoms with van der Waals surface area (Å²) in [5, 5.41) is 0. The Labute approximate surface area is 147 Å². The number of benzene rings is 1. The van der Waals surface area contributed by atoms with E-state index in [1.165, 1.54) is 14.2 Å². The van der Waals surface area contributed by atoms with E-state index in [2.05, 4.69) is 0 Å². The second-order valence-electron chi connectivity index (χ2n) is 5.75. The van der Waals surface area contributed by atoms with Gasteiger partial charge in [0.1, 0.15) is 5.75 Å². The van der Waals surface area contributed by atoms with Gasteiger partial charge in [0.15, 0.2) is 0 Å². The minimum atomic E-state index is -0.568. The fourth-order valence-corrected chi connectivity index (χ4v) is 3.06. The predicted octanol–water partition coefficient (Wildman–Crippen LogP) is 2.62. The molecule has 0 bridgehead atoms. The summed E-state index contributed by atoms with van der Waals surface area (Å²) in [5.74, 6) is -0.822. The second-order valence-corrected chi connectivity index (χ2v) is 5.75. The molecular weight excluding hydrogens is 322 g/mol. The molecule has 6 heteroatoms. The maximum Gasteiger partial charge on any atom is 0.336 e. The van der Waals surface area contributed by atoms with E-state index in [0.717, 1.165) is 17.0 Å². The van der Waals surface area contributed by atoms with Gasteiger partial charge in [0.05, 0.1) is 38.4 Å². The van der Waals surface area contributed by atoms with Crippen LogP contribution in [0.3, 0.4) is 0 Å². The average Bonchev–Trinajstić information content (AvgIpc) is 2.64. The summed E-state index contributed by atoms with van der Waals surface area (Å²) in [6.45, 7) is 3.67. The van der Waals surface area contributed by atoms with Gasteiger partial charge in [0.25, 0.3) is 0 Å². The number of rotatable bonds is 4. The van der Waals surface area contributed by atoms with E-state index in [1.807, 2.05) is 26.0 Å². The zero-order chi connectivity index (χ0) is 18.7. The zero-order valence-corrected chi connectivity index (χ0v) is 15.4. The number of methoxy groups -OCH3 is 3. The van der Waals surface area contributed by atoms with E-state index in [0.29, 0.717) is 16.9 Å². The highest BCUT2D eigenvalue weighted by Gasteiger charge is 2.39. The van der Waals surface area contributed by atoms with Crippen molar-refractivity contribution < 1.29 is 23.8 Å². The van der Waals surface area contributed by atoms with Gasteiger partial charge in [0.2, 0.25) is 0 Å². The molecule has 0 atom stereocenters. The first-order chi connectivity index (χ1) is 11.9. The summed E-state index contributed by atoms with van der Waals surface area (Å²) in [4.78, 5) is 26.8. The Hall–Kier alpha value is -2.76. The largest absolute Gasteiger partial charge is 0.497 e. The van der Waals surface area contributed by atoms with Gasteiger partial charge in [-0.15, -0.1) is 0 Å². The molecule has 0 fully saturated rings. The van der Waals surface area contributed by atoms with Gasteiger partial charge in [0, 0.05) is 18.4 Å². The van der Waals surface area contributed by atoms with Gasteiger partial charge < -0.3 is 19.1 Å². The third-order valence-corrected chi connectivity index (χ3v) is 4.62. The molecule has 1 heterocycles. The highest BCUT2D eigenvalue weighted by atomic mass is 16.5. The summed E-state index contributed by atoms with van der Waals surface area (Å²) < 4.78 is 15.1. The molecule has 0 unspecified atom stereocenters. The third kappa shape index (κ3) is 3.24. The van der Waals surface area contributed by atoms with E-state index in [9.17, 15) is 9.59 Å². The third-order valence-electron chi connectivity index (χ3n) is 4.62. The Morgan fingerprint density at radius 2 is 1.32 bits per heavy atom. The lowest BCUT2D eigenvalue weighted by Gasteiger charge is -2.35. The average molecular weight is 345 g/mol. The van der Waals surface area contributed by atoms with Crippen LogP contribution in [0.15, 0.2) is 46.8 Å². The van der Waals surface area contributed by atoms with Crippen LogP contribution in [0, 0.1) is 0 Å². The Balaban J connectivity index is 2.71. The standard InChI is InChI=1S/C19H23NO5/c1-11-15(18(21)24-5)17(13-7-9-14(23-4)10-8-13)16(19(22)25-6)12(2)20(11)3/h7-10,17H,1-6H3. The van der Waals surface area contributed by atoms with Crippen molar-refractivity contribution in [3.63, 3.8) is 0 Å². The van der Waals surface area contributed by atoms with Crippen molar-refractivity contribution in [2.24, 2.45) is 0 Å². The molecule has 0 saturated carbocycles. The molecule has 25 heavy (non-hydrogen) atoms. The van der Waals surface area contributed by atoms with Crippen molar-refractivity contribution >= 4 is 11.9 Å². The van der Waals surface area contributed by atoms with Crippen LogP contribution in [-0.2, 0) is 19.1 Å². The Morgan fingerprint density at radius 1 is 0.880 bits per heavy atom. The minimum absolute atomic E-state index is 0.418. The molecule has 0 amide bonds. The molecule has 6 nitrogen and oxygen atoms in total. The monoisotopic (exact) mass is 345 g/mol. The highest BCUT2D eigenvalue weighted by Crippen LogP contribution is 2.42. The predicted molar refractivity (Wildman–Crippen MR) is 92.9 cm³/mol. The maximum absolute atomic E-state index is 12.5. The summed E-state index contributed by atoms with van der Waals surface area (Å²) in [7, 11) is 6.05. The van der Waals surface area contributed by atoms with Crippen LogP contribution in [0.5, 0.6) is 5.75 Å². The van der Waals surface area contributed by atoms with Crippen molar-refractivity contribution in [2.45, 2.75) is 19.8 Å². The first kappa shape index (κ1) is 18.6. The number of nitrogens with zero attached hydrogens (tertiary/aromatic N) is 1. The van der Waals surface area contributed by atoms with Crippen LogP contribution in [0.1, 0.15) is 25.3 Å². The van der Waals surface area contributed by atoms with E-state index < -0.39 is 17.9 Å². The van der Waals surface area contributed by atoms with Crippen LogP contribution in [0.2, 0.25) is 0 Å². The van der Waals surface area contributed by atoms with Gasteiger partial charge in [-0.2, -0.15) is 0 Å². The van der Waals surface area contributed by atoms with E-state index in [4.69, 9.17) is 14.2 Å². The first-order valence-electron chi connectivity index (χ1n) is 7.83. The summed E-state index contributed by atoms with van der Waals surface area (Å²) >= 11 is 0. The van der Waals surface area contributed by atoms with Crippen molar-refractivity contribution in [1.29, 1.82) is 0 Å². The number of esters is 2. The van der Waals surface area contributed by atoms with Crippen LogP contribution in [0.25, 0.3) is 0 Å². The van der Waals surface area contributed by atoms with Gasteiger partial charge in [-0.3, -0.25) is 0 Å². The van der Waals surface area contributed by atoms with Gasteiger partial charge in [-0.25, -0.2) is 9.59 Å². The molecule has 0 aromatic heterocycles. The molecule has 0 spiro atoms. The van der Waals surface area contributed by atoms with Crippen LogP contribution in [-0.4, -0.2) is 45.2 Å².